The van der Waals surface area contributed by atoms with Gasteiger partial charge in [-0.15, -0.1) is 11.3 Å². The minimum Gasteiger partial charge on any atom is -0.468 e. The Bertz CT molecular complexity index is 432. The monoisotopic (exact) mass is 301 g/mol. The van der Waals surface area contributed by atoms with Crippen molar-refractivity contribution in [2.75, 3.05) is 13.7 Å². The van der Waals surface area contributed by atoms with Gasteiger partial charge in [0.25, 0.3) is 5.91 Å². The standard InChI is InChI=1S/C8H6Cl3NO3S/c1-15-3(13)2-12-8(14)6-4(9)5(10)7(11)16-6/h2H2,1H3,(H,12,14). The Labute approximate surface area is 110 Å². The third kappa shape index (κ3) is 3.01. The number of carbonyl (C=O) groups excluding carboxylic acids is 2. The lowest BCUT2D eigenvalue weighted by atomic mass is 10.4. The molecule has 88 valence electrons. The Morgan fingerprint density at radius 2 is 1.94 bits per heavy atom. The predicted molar refractivity (Wildman–Crippen MR) is 63.7 cm³/mol. The van der Waals surface area contributed by atoms with Gasteiger partial charge in [0.2, 0.25) is 0 Å². The molecule has 1 aromatic heterocycles. The number of thiophene rings is 1. The first-order valence-corrected chi connectivity index (χ1v) is 5.90. The summed E-state index contributed by atoms with van der Waals surface area (Å²) in [7, 11) is 1.22. The number of nitrogens with one attached hydrogen (secondary N) is 1. The van der Waals surface area contributed by atoms with Gasteiger partial charge in [0, 0.05) is 0 Å². The van der Waals surface area contributed by atoms with Gasteiger partial charge in [-0.25, -0.2) is 0 Å². The number of esters is 1. The highest BCUT2D eigenvalue weighted by Gasteiger charge is 2.20. The summed E-state index contributed by atoms with van der Waals surface area (Å²) in [5.41, 5.74) is 0. The molecule has 8 heteroatoms. The summed E-state index contributed by atoms with van der Waals surface area (Å²) in [5, 5.41) is 2.54. The van der Waals surface area contributed by atoms with Crippen molar-refractivity contribution >= 4 is 58.0 Å². The third-order valence-electron chi connectivity index (χ3n) is 1.58. The molecule has 4 nitrogen and oxygen atoms in total. The highest BCUT2D eigenvalue weighted by molar-refractivity contribution is 7.19. The second-order valence-electron chi connectivity index (χ2n) is 2.59. The molecule has 1 aromatic rings. The SMILES string of the molecule is COC(=O)CNC(=O)c1sc(Cl)c(Cl)c1Cl. The zero-order chi connectivity index (χ0) is 12.3. The van der Waals surface area contributed by atoms with Crippen LogP contribution in [0.4, 0.5) is 0 Å². The third-order valence-corrected chi connectivity index (χ3v) is 4.15. The summed E-state index contributed by atoms with van der Waals surface area (Å²) >= 11 is 18.1. The number of ether oxygens (including phenoxy) is 1. The van der Waals surface area contributed by atoms with Crippen molar-refractivity contribution in [2.45, 2.75) is 0 Å². The molecular formula is C8H6Cl3NO3S. The Morgan fingerprint density at radius 1 is 1.31 bits per heavy atom. The lowest BCUT2D eigenvalue weighted by Crippen LogP contribution is -2.29. The zero-order valence-corrected chi connectivity index (χ0v) is 11.1. The van der Waals surface area contributed by atoms with Crippen LogP contribution in [0.15, 0.2) is 0 Å². The number of hydrogen-bond acceptors (Lipinski definition) is 4. The molecule has 0 bridgehead atoms. The molecule has 0 spiro atoms. The molecule has 1 amide bonds. The topological polar surface area (TPSA) is 55.4 Å². The number of amides is 1. The lowest BCUT2D eigenvalue weighted by Gasteiger charge is -2.01. The van der Waals surface area contributed by atoms with Gasteiger partial charge >= 0.3 is 5.97 Å². The highest BCUT2D eigenvalue weighted by Crippen LogP contribution is 2.40. The molecule has 0 saturated heterocycles. The molecule has 1 rings (SSSR count). The number of hydrogen-bond donors (Lipinski definition) is 1. The highest BCUT2D eigenvalue weighted by atomic mass is 35.5. The second-order valence-corrected chi connectivity index (χ2v) is 4.97. The summed E-state index contributed by atoms with van der Waals surface area (Å²) in [6.07, 6.45) is 0. The molecule has 16 heavy (non-hydrogen) atoms. The fraction of sp³-hybridized carbons (Fsp3) is 0.250. The summed E-state index contributed by atoms with van der Waals surface area (Å²) in [6, 6.07) is 0. The summed E-state index contributed by atoms with van der Waals surface area (Å²) in [6.45, 7) is -0.237. The first-order valence-electron chi connectivity index (χ1n) is 3.95. The van der Waals surface area contributed by atoms with E-state index in [1.807, 2.05) is 0 Å². The van der Waals surface area contributed by atoms with Gasteiger partial charge in [0.1, 0.15) is 15.8 Å². The molecule has 1 heterocycles. The number of carbonyl (C=O) groups is 2. The average molecular weight is 303 g/mol. The molecule has 0 aliphatic carbocycles. The van der Waals surface area contributed by atoms with Crippen LogP contribution in [0.25, 0.3) is 0 Å². The fourth-order valence-electron chi connectivity index (χ4n) is 0.816. The minimum atomic E-state index is -0.557. The quantitative estimate of drug-likeness (QED) is 0.873. The number of halogens is 3. The maximum absolute atomic E-state index is 11.5. The Morgan fingerprint density at radius 3 is 2.38 bits per heavy atom. The smallest absolute Gasteiger partial charge is 0.325 e. The van der Waals surface area contributed by atoms with Gasteiger partial charge in [-0.2, -0.15) is 0 Å². The summed E-state index contributed by atoms with van der Waals surface area (Å²) < 4.78 is 4.59. The maximum atomic E-state index is 11.5. The summed E-state index contributed by atoms with van der Waals surface area (Å²) in [4.78, 5) is 22.5. The van der Waals surface area contributed by atoms with Crippen molar-refractivity contribution in [2.24, 2.45) is 0 Å². The average Bonchev–Trinajstić information content (AvgIpc) is 2.53. The fourth-order valence-corrected chi connectivity index (χ4v) is 2.54. The predicted octanol–water partition coefficient (Wildman–Crippen LogP) is 2.61. The van der Waals surface area contributed by atoms with E-state index >= 15 is 0 Å². The second kappa shape index (κ2) is 5.72. The molecule has 0 aliphatic rings. The maximum Gasteiger partial charge on any atom is 0.325 e. The molecule has 0 fully saturated rings. The van der Waals surface area contributed by atoms with Crippen molar-refractivity contribution < 1.29 is 14.3 Å². The van der Waals surface area contributed by atoms with Crippen molar-refractivity contribution in [1.82, 2.24) is 5.32 Å². The van der Waals surface area contributed by atoms with E-state index in [9.17, 15) is 9.59 Å². The van der Waals surface area contributed by atoms with Gasteiger partial charge in [-0.3, -0.25) is 9.59 Å². The van der Waals surface area contributed by atoms with Crippen LogP contribution >= 0.6 is 46.1 Å². The van der Waals surface area contributed by atoms with Crippen molar-refractivity contribution in [3.05, 3.63) is 19.3 Å². The zero-order valence-electron chi connectivity index (χ0n) is 7.97. The molecule has 0 aliphatic heterocycles. The first-order chi connectivity index (χ1) is 7.47. The van der Waals surface area contributed by atoms with E-state index in [0.717, 1.165) is 11.3 Å². The van der Waals surface area contributed by atoms with Crippen LogP contribution in [-0.2, 0) is 9.53 Å². The van der Waals surface area contributed by atoms with Gasteiger partial charge in [0.05, 0.1) is 17.2 Å². The van der Waals surface area contributed by atoms with Crippen molar-refractivity contribution in [1.29, 1.82) is 0 Å². The molecule has 0 saturated carbocycles. The normalized spacial score (nSPS) is 10.0. The molecular weight excluding hydrogens is 297 g/mol. The van der Waals surface area contributed by atoms with Crippen LogP contribution in [-0.4, -0.2) is 25.5 Å². The van der Waals surface area contributed by atoms with Crippen LogP contribution in [0.5, 0.6) is 0 Å². The van der Waals surface area contributed by atoms with Crippen LogP contribution in [0, 0.1) is 0 Å². The molecule has 0 aromatic carbocycles. The Kier molecular flexibility index (Phi) is 4.86. The lowest BCUT2D eigenvalue weighted by molar-refractivity contribution is -0.139. The largest absolute Gasteiger partial charge is 0.468 e. The van der Waals surface area contributed by atoms with E-state index < -0.39 is 11.9 Å². The first kappa shape index (κ1) is 13.6. The van der Waals surface area contributed by atoms with Crippen LogP contribution in [0.2, 0.25) is 14.4 Å². The van der Waals surface area contributed by atoms with E-state index in [1.165, 1.54) is 7.11 Å². The Balaban J connectivity index is 2.74. The van der Waals surface area contributed by atoms with Crippen LogP contribution < -0.4 is 5.32 Å². The van der Waals surface area contributed by atoms with Crippen LogP contribution in [0.3, 0.4) is 0 Å². The van der Waals surface area contributed by atoms with Crippen LogP contribution in [0.1, 0.15) is 9.67 Å². The van der Waals surface area contributed by atoms with Gasteiger partial charge < -0.3 is 10.1 Å². The number of methoxy groups -OCH3 is 1. The minimum absolute atomic E-state index is 0.0824. The van der Waals surface area contributed by atoms with E-state index in [-0.39, 0.29) is 25.8 Å². The Hall–Kier alpha value is -0.490. The van der Waals surface area contributed by atoms with E-state index in [1.54, 1.807) is 0 Å². The van der Waals surface area contributed by atoms with E-state index in [2.05, 4.69) is 10.1 Å². The molecule has 0 unspecified atom stereocenters. The molecule has 0 atom stereocenters. The van der Waals surface area contributed by atoms with E-state index in [0.29, 0.717) is 0 Å². The number of rotatable bonds is 3. The van der Waals surface area contributed by atoms with Gasteiger partial charge in [0.15, 0.2) is 0 Å². The molecule has 1 N–H and O–H groups in total. The van der Waals surface area contributed by atoms with Crippen molar-refractivity contribution in [3.63, 3.8) is 0 Å². The van der Waals surface area contributed by atoms with Gasteiger partial charge in [-0.05, 0) is 0 Å². The van der Waals surface area contributed by atoms with E-state index in [4.69, 9.17) is 34.8 Å². The molecule has 0 radical (unpaired) electrons. The van der Waals surface area contributed by atoms with Crippen molar-refractivity contribution in [3.8, 4) is 0 Å². The summed E-state index contributed by atoms with van der Waals surface area (Å²) in [5.74, 6) is -1.08. The van der Waals surface area contributed by atoms with Gasteiger partial charge in [-0.1, -0.05) is 34.8 Å².